The van der Waals surface area contributed by atoms with Crippen LogP contribution < -0.4 is 14.0 Å². The first-order valence-corrected chi connectivity index (χ1v) is 14.7. The maximum atomic E-state index is 13.1. The van der Waals surface area contributed by atoms with Gasteiger partial charge in [-0.1, -0.05) is 64.0 Å². The van der Waals surface area contributed by atoms with Crippen LogP contribution in [0.5, 0.6) is 11.5 Å². The summed E-state index contributed by atoms with van der Waals surface area (Å²) < 4.78 is 55.5. The largest absolute Gasteiger partial charge is 0.422 e. The third-order valence-corrected chi connectivity index (χ3v) is 7.82. The maximum absolute atomic E-state index is 13.1. The number of aryl methyl sites for hydroxylation is 2. The molecule has 0 N–H and O–H groups in total. The highest BCUT2D eigenvalue weighted by Gasteiger charge is 2.23. The standard InChI is InChI=1S/C26H26O7S2.C2H6/c1-4-5-19-14-25(27)31-23-15-20(32-34(28)21-10-6-17(2)7-11-21)16-24(26(19)23)33-35(29,30)22-12-8-18(3)9-13-22;1-2/h6,8-17H,4-5,7H2,1-3H3;1-2H3. The lowest BCUT2D eigenvalue weighted by molar-refractivity contribution is 0.485. The van der Waals surface area contributed by atoms with E-state index in [0.29, 0.717) is 34.6 Å². The zero-order valence-corrected chi connectivity index (χ0v) is 23.3. The predicted octanol–water partition coefficient (Wildman–Crippen LogP) is 6.37. The second-order valence-electron chi connectivity index (χ2n) is 8.48. The summed E-state index contributed by atoms with van der Waals surface area (Å²) in [6.07, 6.45) is 7.46. The van der Waals surface area contributed by atoms with Gasteiger partial charge in [0.05, 0.1) is 10.3 Å². The summed E-state index contributed by atoms with van der Waals surface area (Å²) in [6.45, 7) is 9.84. The first kappa shape index (κ1) is 28.4. The Hall–Kier alpha value is -3.17. The van der Waals surface area contributed by atoms with Crippen LogP contribution in [0.15, 0.2) is 79.7 Å². The van der Waals surface area contributed by atoms with Crippen LogP contribution in [0.2, 0.25) is 0 Å². The van der Waals surface area contributed by atoms with E-state index >= 15 is 0 Å². The van der Waals surface area contributed by atoms with Gasteiger partial charge in [-0.15, -0.1) is 0 Å². The van der Waals surface area contributed by atoms with Gasteiger partial charge in [-0.3, -0.25) is 0 Å². The molecule has 0 fully saturated rings. The lowest BCUT2D eigenvalue weighted by Gasteiger charge is -2.15. The number of rotatable bonds is 8. The summed E-state index contributed by atoms with van der Waals surface area (Å²) in [5.74, 6) is 0.327. The van der Waals surface area contributed by atoms with E-state index in [1.165, 1.54) is 30.3 Å². The molecule has 0 bridgehead atoms. The van der Waals surface area contributed by atoms with Crippen molar-refractivity contribution in [1.82, 2.24) is 0 Å². The molecule has 7 nitrogen and oxygen atoms in total. The van der Waals surface area contributed by atoms with Crippen molar-refractivity contribution in [3.05, 3.63) is 87.1 Å². The van der Waals surface area contributed by atoms with Crippen LogP contribution >= 0.6 is 0 Å². The van der Waals surface area contributed by atoms with Crippen molar-refractivity contribution in [3.8, 4) is 11.5 Å². The fourth-order valence-corrected chi connectivity index (χ4v) is 5.46. The van der Waals surface area contributed by atoms with Crippen LogP contribution in [0.4, 0.5) is 0 Å². The minimum Gasteiger partial charge on any atom is -0.422 e. The molecule has 198 valence electrons. The van der Waals surface area contributed by atoms with Crippen molar-refractivity contribution in [2.24, 2.45) is 5.92 Å². The Morgan fingerprint density at radius 3 is 2.43 bits per heavy atom. The maximum Gasteiger partial charge on any atom is 0.339 e. The summed E-state index contributed by atoms with van der Waals surface area (Å²) in [5.41, 5.74) is 0.997. The molecule has 3 aromatic rings. The minimum atomic E-state index is -4.21. The number of hydrogen-bond acceptors (Lipinski definition) is 7. The Kier molecular flexibility index (Phi) is 9.50. The highest BCUT2D eigenvalue weighted by atomic mass is 32.2. The minimum absolute atomic E-state index is 0.0211. The fraction of sp³-hybridized carbons (Fsp3) is 0.321. The van der Waals surface area contributed by atoms with Crippen LogP contribution in [0.1, 0.15) is 51.7 Å². The molecular formula is C28H32O7S2. The van der Waals surface area contributed by atoms with Crippen molar-refractivity contribution >= 4 is 32.2 Å². The van der Waals surface area contributed by atoms with Crippen LogP contribution in [0, 0.1) is 12.8 Å². The quantitative estimate of drug-likeness (QED) is 0.240. The molecule has 0 radical (unpaired) electrons. The predicted molar refractivity (Wildman–Crippen MR) is 147 cm³/mol. The molecule has 2 atom stereocenters. The monoisotopic (exact) mass is 544 g/mol. The average molecular weight is 545 g/mol. The van der Waals surface area contributed by atoms with Gasteiger partial charge in [-0.2, -0.15) is 8.42 Å². The molecule has 1 heterocycles. The number of benzene rings is 2. The number of hydrogen-bond donors (Lipinski definition) is 0. The zero-order valence-electron chi connectivity index (χ0n) is 21.6. The van der Waals surface area contributed by atoms with E-state index < -0.39 is 26.8 Å². The summed E-state index contributed by atoms with van der Waals surface area (Å²) in [7, 11) is -4.21. The second-order valence-corrected chi connectivity index (χ2v) is 11.1. The molecule has 37 heavy (non-hydrogen) atoms. The van der Waals surface area contributed by atoms with Crippen LogP contribution in [-0.2, 0) is 27.6 Å². The van der Waals surface area contributed by atoms with Gasteiger partial charge in [-0.25, -0.2) is 9.00 Å². The second kappa shape index (κ2) is 12.4. The Bertz CT molecular complexity index is 1500. The molecule has 1 aromatic heterocycles. The Morgan fingerprint density at radius 2 is 1.81 bits per heavy atom. The van der Waals surface area contributed by atoms with Gasteiger partial charge in [0.25, 0.3) is 0 Å². The molecule has 0 saturated heterocycles. The molecular weight excluding hydrogens is 512 g/mol. The van der Waals surface area contributed by atoms with Gasteiger partial charge in [-0.05, 0) is 49.5 Å². The van der Waals surface area contributed by atoms with E-state index in [1.807, 2.05) is 46.8 Å². The van der Waals surface area contributed by atoms with Crippen molar-refractivity contribution in [1.29, 1.82) is 0 Å². The van der Waals surface area contributed by atoms with E-state index in [9.17, 15) is 17.4 Å². The highest BCUT2D eigenvalue weighted by Crippen LogP contribution is 2.36. The molecule has 2 unspecified atom stereocenters. The summed E-state index contributed by atoms with van der Waals surface area (Å²) in [4.78, 5) is 12.7. The van der Waals surface area contributed by atoms with Gasteiger partial charge in [0, 0.05) is 18.2 Å². The molecule has 0 amide bonds. The van der Waals surface area contributed by atoms with E-state index in [-0.39, 0.29) is 22.0 Å². The Balaban J connectivity index is 0.00000186. The smallest absolute Gasteiger partial charge is 0.339 e. The lowest BCUT2D eigenvalue weighted by Crippen LogP contribution is -2.12. The van der Waals surface area contributed by atoms with E-state index in [2.05, 4.69) is 0 Å². The fourth-order valence-electron chi connectivity index (χ4n) is 3.73. The SMILES string of the molecule is CC.CCCc1cc(=O)oc2cc(OS(=O)C3=CCC(C)C=C3)cc(OS(=O)(=O)c3ccc(C)cc3)c12. The first-order valence-electron chi connectivity index (χ1n) is 12.3. The van der Waals surface area contributed by atoms with Gasteiger partial charge < -0.3 is 12.8 Å². The Labute approximate surface area is 220 Å². The first-order chi connectivity index (χ1) is 17.7. The molecule has 4 rings (SSSR count). The summed E-state index contributed by atoms with van der Waals surface area (Å²) >= 11 is -1.85. The molecule has 0 saturated carbocycles. The lowest BCUT2D eigenvalue weighted by atomic mass is 10.0. The zero-order chi connectivity index (χ0) is 27.2. The number of fused-ring (bicyclic) bond motifs is 1. The van der Waals surface area contributed by atoms with Crippen molar-refractivity contribution in [2.75, 3.05) is 0 Å². The Morgan fingerprint density at radius 1 is 1.11 bits per heavy atom. The van der Waals surface area contributed by atoms with Crippen LogP contribution in [0.3, 0.4) is 0 Å². The molecule has 0 aliphatic heterocycles. The molecule has 9 heteroatoms. The van der Waals surface area contributed by atoms with Crippen molar-refractivity contribution in [2.45, 2.75) is 58.8 Å². The van der Waals surface area contributed by atoms with E-state index in [1.54, 1.807) is 18.2 Å². The van der Waals surface area contributed by atoms with E-state index in [4.69, 9.17) is 12.8 Å². The molecule has 0 spiro atoms. The van der Waals surface area contributed by atoms with Gasteiger partial charge in [0.2, 0.25) is 11.1 Å². The third kappa shape index (κ3) is 6.99. The average Bonchev–Trinajstić information content (AvgIpc) is 2.85. The third-order valence-electron chi connectivity index (χ3n) is 5.54. The van der Waals surface area contributed by atoms with Gasteiger partial charge >= 0.3 is 15.7 Å². The topological polar surface area (TPSA) is 99.9 Å². The van der Waals surface area contributed by atoms with E-state index in [0.717, 1.165) is 12.0 Å². The van der Waals surface area contributed by atoms with Gasteiger partial charge in [0.1, 0.15) is 16.2 Å². The normalized spacial score (nSPS) is 15.9. The van der Waals surface area contributed by atoms with Crippen LogP contribution in [-0.4, -0.2) is 12.6 Å². The molecule has 1 aliphatic carbocycles. The summed E-state index contributed by atoms with van der Waals surface area (Å²) in [6, 6.07) is 10.4. The van der Waals surface area contributed by atoms with Crippen molar-refractivity contribution < 1.29 is 25.4 Å². The molecule has 1 aliphatic rings. The highest BCUT2D eigenvalue weighted by molar-refractivity contribution is 7.87. The van der Waals surface area contributed by atoms with Crippen LogP contribution in [0.25, 0.3) is 11.0 Å². The molecule has 2 aromatic carbocycles. The van der Waals surface area contributed by atoms with Crippen molar-refractivity contribution in [3.63, 3.8) is 0 Å². The van der Waals surface area contributed by atoms with Gasteiger partial charge in [0.15, 0.2) is 5.75 Å². The number of allylic oxidation sites excluding steroid dienone is 3. The summed E-state index contributed by atoms with van der Waals surface area (Å²) in [5, 5.41) is 0.353.